The smallest absolute Gasteiger partial charge is 0.251 e. The van der Waals surface area contributed by atoms with E-state index in [0.717, 1.165) is 18.7 Å². The molecule has 2 aromatic rings. The van der Waals surface area contributed by atoms with Crippen molar-refractivity contribution in [2.45, 2.75) is 12.8 Å². The zero-order chi connectivity index (χ0) is 12.8. The van der Waals surface area contributed by atoms with Crippen LogP contribution in [0.2, 0.25) is 0 Å². The van der Waals surface area contributed by atoms with E-state index < -0.39 is 0 Å². The molecule has 0 aromatic carbocycles. The normalized spacial score (nSPS) is 10.2. The Balaban J connectivity index is 1.77. The van der Waals surface area contributed by atoms with Gasteiger partial charge in [-0.05, 0) is 12.5 Å². The number of aromatic amines is 2. The fourth-order valence-electron chi connectivity index (χ4n) is 1.58. The number of hydrogen-bond acceptors (Lipinski definition) is 3. The number of carbonyl (C=O) groups is 1. The molecule has 2 aromatic heterocycles. The number of rotatable bonds is 5. The van der Waals surface area contributed by atoms with Crippen LogP contribution in [0.15, 0.2) is 35.5 Å². The first-order valence-corrected chi connectivity index (χ1v) is 5.71. The van der Waals surface area contributed by atoms with Gasteiger partial charge in [0.25, 0.3) is 5.91 Å². The quantitative estimate of drug-likeness (QED) is 0.669. The number of aromatic nitrogens is 3. The van der Waals surface area contributed by atoms with Crippen LogP contribution in [0, 0.1) is 0 Å². The Morgan fingerprint density at radius 3 is 2.94 bits per heavy atom. The number of H-pyrrole nitrogens is 2. The number of imidazole rings is 1. The summed E-state index contributed by atoms with van der Waals surface area (Å²) in [6, 6.07) is 2.85. The van der Waals surface area contributed by atoms with E-state index in [9.17, 15) is 9.59 Å². The van der Waals surface area contributed by atoms with E-state index in [1.54, 1.807) is 18.5 Å². The molecule has 0 spiro atoms. The van der Waals surface area contributed by atoms with E-state index >= 15 is 0 Å². The molecule has 0 aliphatic carbocycles. The summed E-state index contributed by atoms with van der Waals surface area (Å²) in [6.07, 6.45) is 6.50. The Labute approximate surface area is 103 Å². The van der Waals surface area contributed by atoms with Crippen LogP contribution < -0.4 is 10.9 Å². The minimum absolute atomic E-state index is 0.236. The molecule has 0 saturated heterocycles. The lowest BCUT2D eigenvalue weighted by atomic mass is 10.2. The van der Waals surface area contributed by atoms with E-state index in [-0.39, 0.29) is 11.5 Å². The second kappa shape index (κ2) is 5.81. The number of nitrogens with one attached hydrogen (secondary N) is 3. The Kier molecular flexibility index (Phi) is 3.90. The van der Waals surface area contributed by atoms with Gasteiger partial charge in [0.15, 0.2) is 0 Å². The van der Waals surface area contributed by atoms with Crippen molar-refractivity contribution in [2.75, 3.05) is 6.54 Å². The molecule has 18 heavy (non-hydrogen) atoms. The summed E-state index contributed by atoms with van der Waals surface area (Å²) in [5.74, 6) is 0.668. The summed E-state index contributed by atoms with van der Waals surface area (Å²) < 4.78 is 0. The van der Waals surface area contributed by atoms with Gasteiger partial charge in [0.2, 0.25) is 5.56 Å². The van der Waals surface area contributed by atoms with Gasteiger partial charge in [0.1, 0.15) is 5.82 Å². The van der Waals surface area contributed by atoms with Crippen molar-refractivity contribution in [3.63, 3.8) is 0 Å². The van der Waals surface area contributed by atoms with E-state index in [2.05, 4.69) is 20.3 Å². The zero-order valence-electron chi connectivity index (χ0n) is 9.77. The van der Waals surface area contributed by atoms with Crippen LogP contribution >= 0.6 is 0 Å². The van der Waals surface area contributed by atoms with Crippen LogP contribution in [0.25, 0.3) is 0 Å². The van der Waals surface area contributed by atoms with E-state index in [1.807, 2.05) is 0 Å². The molecule has 6 nitrogen and oxygen atoms in total. The fraction of sp³-hybridized carbons (Fsp3) is 0.250. The third-order valence-electron chi connectivity index (χ3n) is 2.47. The molecule has 0 saturated carbocycles. The molecular weight excluding hydrogens is 232 g/mol. The van der Waals surface area contributed by atoms with Crippen LogP contribution in [0.1, 0.15) is 22.6 Å². The summed E-state index contributed by atoms with van der Waals surface area (Å²) in [5, 5.41) is 2.76. The first-order valence-electron chi connectivity index (χ1n) is 5.71. The number of aryl methyl sites for hydroxylation is 1. The first kappa shape index (κ1) is 12.1. The van der Waals surface area contributed by atoms with Crippen molar-refractivity contribution < 1.29 is 4.79 Å². The van der Waals surface area contributed by atoms with Crippen molar-refractivity contribution in [3.8, 4) is 0 Å². The van der Waals surface area contributed by atoms with Crippen molar-refractivity contribution in [1.82, 2.24) is 20.3 Å². The fourth-order valence-corrected chi connectivity index (χ4v) is 1.58. The highest BCUT2D eigenvalue weighted by molar-refractivity contribution is 5.93. The summed E-state index contributed by atoms with van der Waals surface area (Å²) >= 11 is 0. The minimum atomic E-state index is -0.279. The van der Waals surface area contributed by atoms with Gasteiger partial charge in [0, 0.05) is 43.2 Å². The highest BCUT2D eigenvalue weighted by atomic mass is 16.2. The summed E-state index contributed by atoms with van der Waals surface area (Å²) in [5.41, 5.74) is 0.0926. The van der Waals surface area contributed by atoms with Crippen molar-refractivity contribution >= 4 is 5.91 Å². The van der Waals surface area contributed by atoms with Crippen molar-refractivity contribution in [2.24, 2.45) is 0 Å². The van der Waals surface area contributed by atoms with E-state index in [1.165, 1.54) is 12.3 Å². The standard InChI is InChI=1S/C12H14N4O2/c17-11-8-9(3-5-15-11)12(18)16-4-1-2-10-13-6-7-14-10/h3,5-8H,1-2,4H2,(H,13,14)(H,15,17)(H,16,18). The molecule has 94 valence electrons. The van der Waals surface area contributed by atoms with Gasteiger partial charge in [-0.2, -0.15) is 0 Å². The Morgan fingerprint density at radius 1 is 1.33 bits per heavy atom. The highest BCUT2D eigenvalue weighted by Crippen LogP contribution is 1.95. The van der Waals surface area contributed by atoms with E-state index in [0.29, 0.717) is 12.1 Å². The van der Waals surface area contributed by atoms with Gasteiger partial charge >= 0.3 is 0 Å². The molecule has 0 unspecified atom stereocenters. The van der Waals surface area contributed by atoms with Crippen molar-refractivity contribution in [3.05, 3.63) is 52.5 Å². The lowest BCUT2D eigenvalue weighted by molar-refractivity contribution is 0.0953. The second-order valence-corrected chi connectivity index (χ2v) is 3.84. The Bertz CT molecular complexity index is 559. The predicted octanol–water partition coefficient (Wildman–Crippen LogP) is 0.461. The first-order chi connectivity index (χ1) is 8.75. The van der Waals surface area contributed by atoms with Gasteiger partial charge in [-0.1, -0.05) is 0 Å². The van der Waals surface area contributed by atoms with Crippen LogP contribution in [0.5, 0.6) is 0 Å². The maximum Gasteiger partial charge on any atom is 0.251 e. The van der Waals surface area contributed by atoms with Crippen LogP contribution in [-0.4, -0.2) is 27.4 Å². The third-order valence-corrected chi connectivity index (χ3v) is 2.47. The highest BCUT2D eigenvalue weighted by Gasteiger charge is 2.04. The van der Waals surface area contributed by atoms with Gasteiger partial charge in [-0.3, -0.25) is 9.59 Å². The summed E-state index contributed by atoms with van der Waals surface area (Å²) in [6.45, 7) is 0.548. The third kappa shape index (κ3) is 3.31. The Morgan fingerprint density at radius 2 is 2.22 bits per heavy atom. The molecule has 2 heterocycles. The molecule has 0 atom stereocenters. The largest absolute Gasteiger partial charge is 0.352 e. The molecule has 2 rings (SSSR count). The molecular formula is C12H14N4O2. The van der Waals surface area contributed by atoms with Gasteiger partial charge < -0.3 is 15.3 Å². The molecule has 6 heteroatoms. The number of pyridine rings is 1. The van der Waals surface area contributed by atoms with Crippen LogP contribution in [0.3, 0.4) is 0 Å². The number of nitrogens with zero attached hydrogens (tertiary/aromatic N) is 1. The molecule has 0 aliphatic heterocycles. The summed E-state index contributed by atoms with van der Waals surface area (Å²) in [7, 11) is 0. The van der Waals surface area contributed by atoms with Gasteiger partial charge in [-0.25, -0.2) is 4.98 Å². The number of amides is 1. The lowest BCUT2D eigenvalue weighted by Crippen LogP contribution is -2.26. The second-order valence-electron chi connectivity index (χ2n) is 3.84. The topological polar surface area (TPSA) is 90.6 Å². The van der Waals surface area contributed by atoms with Gasteiger partial charge in [-0.15, -0.1) is 0 Å². The van der Waals surface area contributed by atoms with Crippen LogP contribution in [-0.2, 0) is 6.42 Å². The molecule has 1 amide bonds. The van der Waals surface area contributed by atoms with E-state index in [4.69, 9.17) is 0 Å². The molecule has 3 N–H and O–H groups in total. The lowest BCUT2D eigenvalue weighted by Gasteiger charge is -2.03. The maximum absolute atomic E-state index is 11.7. The molecule has 0 aliphatic rings. The maximum atomic E-state index is 11.7. The zero-order valence-corrected chi connectivity index (χ0v) is 9.77. The van der Waals surface area contributed by atoms with Gasteiger partial charge in [0.05, 0.1) is 0 Å². The average molecular weight is 246 g/mol. The summed E-state index contributed by atoms with van der Waals surface area (Å²) in [4.78, 5) is 32.3. The number of carbonyl (C=O) groups excluding carboxylic acids is 1. The predicted molar refractivity (Wildman–Crippen MR) is 66.3 cm³/mol. The van der Waals surface area contributed by atoms with Crippen LogP contribution in [0.4, 0.5) is 0 Å². The molecule has 0 fully saturated rings. The number of hydrogen-bond donors (Lipinski definition) is 3. The minimum Gasteiger partial charge on any atom is -0.352 e. The SMILES string of the molecule is O=C(NCCCc1ncc[nH]1)c1cc[nH]c(=O)c1. The molecule has 0 bridgehead atoms. The monoisotopic (exact) mass is 246 g/mol. The molecule has 0 radical (unpaired) electrons. The van der Waals surface area contributed by atoms with Crippen molar-refractivity contribution in [1.29, 1.82) is 0 Å². The average Bonchev–Trinajstić information content (AvgIpc) is 2.87. The Hall–Kier alpha value is -2.37.